The number of hydrogen-bond acceptors (Lipinski definition) is 1. The van der Waals surface area contributed by atoms with Crippen LogP contribution in [0.3, 0.4) is 0 Å². The standard InChI is InChI=1S/C6H2Cl2F3N/c7-2-1-3(8)6(11)12-4(2)5(9)10/h1,5H. The highest BCUT2D eigenvalue weighted by molar-refractivity contribution is 6.34. The van der Waals surface area contributed by atoms with Gasteiger partial charge in [0.05, 0.1) is 10.0 Å². The zero-order valence-corrected chi connectivity index (χ0v) is 7.00. The molecule has 0 unspecified atom stereocenters. The van der Waals surface area contributed by atoms with Crippen LogP contribution in [0, 0.1) is 5.95 Å². The van der Waals surface area contributed by atoms with Crippen LogP contribution in [0.1, 0.15) is 12.1 Å². The first kappa shape index (κ1) is 9.61. The summed E-state index contributed by atoms with van der Waals surface area (Å²) >= 11 is 10.5. The van der Waals surface area contributed by atoms with E-state index >= 15 is 0 Å². The van der Waals surface area contributed by atoms with Crippen molar-refractivity contribution >= 4 is 23.2 Å². The maximum atomic E-state index is 12.5. The van der Waals surface area contributed by atoms with Crippen LogP contribution in [0.15, 0.2) is 6.07 Å². The van der Waals surface area contributed by atoms with E-state index in [-0.39, 0.29) is 10.0 Å². The smallest absolute Gasteiger partial charge is 0.216 e. The molecule has 6 heteroatoms. The maximum absolute atomic E-state index is 12.5. The fraction of sp³-hybridized carbons (Fsp3) is 0.167. The van der Waals surface area contributed by atoms with Crippen molar-refractivity contribution in [2.24, 2.45) is 0 Å². The van der Waals surface area contributed by atoms with E-state index in [2.05, 4.69) is 4.98 Å². The molecular formula is C6H2Cl2F3N. The molecule has 0 saturated carbocycles. The molecule has 12 heavy (non-hydrogen) atoms. The van der Waals surface area contributed by atoms with E-state index in [0.29, 0.717) is 0 Å². The predicted octanol–water partition coefficient (Wildman–Crippen LogP) is 3.47. The molecule has 0 fully saturated rings. The van der Waals surface area contributed by atoms with Gasteiger partial charge in [-0.1, -0.05) is 23.2 Å². The van der Waals surface area contributed by atoms with Crippen molar-refractivity contribution in [3.63, 3.8) is 0 Å². The number of alkyl halides is 2. The first-order valence-electron chi connectivity index (χ1n) is 2.82. The fourth-order valence-corrected chi connectivity index (χ4v) is 1.05. The minimum absolute atomic E-state index is 0.337. The summed E-state index contributed by atoms with van der Waals surface area (Å²) in [5, 5.41) is -0.708. The molecular weight excluding hydrogens is 214 g/mol. The van der Waals surface area contributed by atoms with Gasteiger partial charge in [0, 0.05) is 0 Å². The molecule has 0 amide bonds. The third-order valence-corrected chi connectivity index (χ3v) is 1.69. The lowest BCUT2D eigenvalue weighted by molar-refractivity contribution is 0.145. The van der Waals surface area contributed by atoms with Gasteiger partial charge in [0.1, 0.15) is 5.69 Å². The van der Waals surface area contributed by atoms with Crippen molar-refractivity contribution < 1.29 is 13.2 Å². The lowest BCUT2D eigenvalue weighted by atomic mass is 10.3. The van der Waals surface area contributed by atoms with Crippen molar-refractivity contribution in [2.45, 2.75) is 6.43 Å². The lowest BCUT2D eigenvalue weighted by Gasteiger charge is -2.02. The molecule has 0 spiro atoms. The Morgan fingerprint density at radius 3 is 2.33 bits per heavy atom. The van der Waals surface area contributed by atoms with E-state index in [1.165, 1.54) is 0 Å². The highest BCUT2D eigenvalue weighted by Gasteiger charge is 2.16. The van der Waals surface area contributed by atoms with Crippen LogP contribution in [0.5, 0.6) is 0 Å². The quantitative estimate of drug-likeness (QED) is 0.655. The average molecular weight is 216 g/mol. The second-order valence-electron chi connectivity index (χ2n) is 1.93. The van der Waals surface area contributed by atoms with E-state index in [1.807, 2.05) is 0 Å². The van der Waals surface area contributed by atoms with Crippen molar-refractivity contribution in [3.05, 3.63) is 27.8 Å². The molecule has 1 heterocycles. The second-order valence-corrected chi connectivity index (χ2v) is 2.74. The fourth-order valence-electron chi connectivity index (χ4n) is 0.610. The van der Waals surface area contributed by atoms with E-state index < -0.39 is 18.1 Å². The van der Waals surface area contributed by atoms with Crippen molar-refractivity contribution in [3.8, 4) is 0 Å². The Bertz CT molecular complexity index is 303. The van der Waals surface area contributed by atoms with Crippen LogP contribution < -0.4 is 0 Å². The van der Waals surface area contributed by atoms with Gasteiger partial charge in [0.2, 0.25) is 5.95 Å². The van der Waals surface area contributed by atoms with Gasteiger partial charge in [0.15, 0.2) is 0 Å². The van der Waals surface area contributed by atoms with Gasteiger partial charge in [-0.25, -0.2) is 13.8 Å². The molecule has 0 N–H and O–H groups in total. The summed E-state index contributed by atoms with van der Waals surface area (Å²) < 4.78 is 36.5. The summed E-state index contributed by atoms with van der Waals surface area (Å²) in [7, 11) is 0. The third-order valence-electron chi connectivity index (χ3n) is 1.12. The summed E-state index contributed by atoms with van der Waals surface area (Å²) in [4.78, 5) is 2.89. The zero-order chi connectivity index (χ0) is 9.30. The van der Waals surface area contributed by atoms with E-state index in [0.717, 1.165) is 6.07 Å². The first-order chi connectivity index (χ1) is 5.52. The number of pyridine rings is 1. The molecule has 0 saturated heterocycles. The van der Waals surface area contributed by atoms with Crippen LogP contribution >= 0.6 is 23.2 Å². The Labute approximate surface area is 76.1 Å². The minimum Gasteiger partial charge on any atom is -0.216 e. The van der Waals surface area contributed by atoms with Gasteiger partial charge in [-0.05, 0) is 6.07 Å². The number of nitrogens with zero attached hydrogens (tertiary/aromatic N) is 1. The molecule has 1 nitrogen and oxygen atoms in total. The highest BCUT2D eigenvalue weighted by Crippen LogP contribution is 2.28. The van der Waals surface area contributed by atoms with Gasteiger partial charge in [0.25, 0.3) is 6.43 Å². The largest absolute Gasteiger partial charge is 0.281 e. The summed E-state index contributed by atoms with van der Waals surface area (Å²) in [6, 6.07) is 0.896. The summed E-state index contributed by atoms with van der Waals surface area (Å²) in [5.41, 5.74) is -0.793. The van der Waals surface area contributed by atoms with Crippen molar-refractivity contribution in [1.82, 2.24) is 4.98 Å². The Morgan fingerprint density at radius 2 is 1.83 bits per heavy atom. The van der Waals surface area contributed by atoms with Crippen LogP contribution in [0.2, 0.25) is 10.0 Å². The summed E-state index contributed by atoms with van der Waals surface area (Å²) in [6.07, 6.45) is -2.90. The van der Waals surface area contributed by atoms with Crippen molar-refractivity contribution in [2.75, 3.05) is 0 Å². The van der Waals surface area contributed by atoms with Gasteiger partial charge in [-0.2, -0.15) is 4.39 Å². The third kappa shape index (κ3) is 1.81. The molecule has 1 aromatic rings. The number of hydrogen-bond donors (Lipinski definition) is 0. The summed E-state index contributed by atoms with van der Waals surface area (Å²) in [5.74, 6) is -1.14. The Morgan fingerprint density at radius 1 is 1.25 bits per heavy atom. The minimum atomic E-state index is -2.90. The predicted molar refractivity (Wildman–Crippen MR) is 39.2 cm³/mol. The maximum Gasteiger partial charge on any atom is 0.281 e. The molecule has 0 aliphatic carbocycles. The average Bonchev–Trinajstić information content (AvgIpc) is 1.96. The number of halogens is 5. The SMILES string of the molecule is Fc1nc(C(F)F)c(Cl)cc1Cl. The Balaban J connectivity index is 3.23. The number of rotatable bonds is 1. The molecule has 0 atom stereocenters. The van der Waals surface area contributed by atoms with E-state index in [1.54, 1.807) is 0 Å². The molecule has 0 aromatic carbocycles. The van der Waals surface area contributed by atoms with Crippen LogP contribution in [-0.2, 0) is 0 Å². The van der Waals surface area contributed by atoms with Gasteiger partial charge in [-0.15, -0.1) is 0 Å². The molecule has 0 aliphatic heterocycles. The first-order valence-corrected chi connectivity index (χ1v) is 3.57. The summed E-state index contributed by atoms with van der Waals surface area (Å²) in [6.45, 7) is 0. The molecule has 0 radical (unpaired) electrons. The molecule has 66 valence electrons. The molecule has 0 aliphatic rings. The molecule has 0 bridgehead atoms. The zero-order valence-electron chi connectivity index (χ0n) is 5.49. The Hall–Kier alpha value is -0.480. The normalized spacial score (nSPS) is 10.8. The van der Waals surface area contributed by atoms with Gasteiger partial charge < -0.3 is 0 Å². The van der Waals surface area contributed by atoms with Gasteiger partial charge in [-0.3, -0.25) is 0 Å². The van der Waals surface area contributed by atoms with Crippen LogP contribution in [0.25, 0.3) is 0 Å². The van der Waals surface area contributed by atoms with E-state index in [9.17, 15) is 13.2 Å². The van der Waals surface area contributed by atoms with Crippen LogP contribution in [0.4, 0.5) is 13.2 Å². The number of aromatic nitrogens is 1. The Kier molecular flexibility index (Phi) is 2.80. The second kappa shape index (κ2) is 3.49. The lowest BCUT2D eigenvalue weighted by Crippen LogP contribution is -1.95. The topological polar surface area (TPSA) is 12.9 Å². The molecule has 1 rings (SSSR count). The van der Waals surface area contributed by atoms with Crippen molar-refractivity contribution in [1.29, 1.82) is 0 Å². The van der Waals surface area contributed by atoms with Crippen LogP contribution in [-0.4, -0.2) is 4.98 Å². The monoisotopic (exact) mass is 215 g/mol. The highest BCUT2D eigenvalue weighted by atomic mass is 35.5. The molecule has 1 aromatic heterocycles. The van der Waals surface area contributed by atoms with Gasteiger partial charge >= 0.3 is 0 Å². The van der Waals surface area contributed by atoms with E-state index in [4.69, 9.17) is 23.2 Å².